The Bertz CT molecular complexity index is 685. The molecule has 8 nitrogen and oxygen atoms in total. The Morgan fingerprint density at radius 3 is 3.05 bits per heavy atom. The molecule has 0 aromatic carbocycles. The van der Waals surface area contributed by atoms with E-state index < -0.39 is 0 Å². The van der Waals surface area contributed by atoms with Crippen LogP contribution in [0.1, 0.15) is 24.9 Å². The van der Waals surface area contributed by atoms with E-state index in [1.165, 1.54) is 0 Å². The van der Waals surface area contributed by atoms with E-state index in [0.29, 0.717) is 29.8 Å². The number of anilines is 1. The van der Waals surface area contributed by atoms with Crippen molar-refractivity contribution in [3.05, 3.63) is 29.9 Å². The van der Waals surface area contributed by atoms with Gasteiger partial charge in [0.1, 0.15) is 6.54 Å². The SMILES string of the molecule is CCCc1c(N)nnn1Cc1noc(-c2ccco2)n1. The molecule has 0 atom stereocenters. The number of nitrogen functional groups attached to an aromatic ring is 1. The highest BCUT2D eigenvalue weighted by molar-refractivity contribution is 5.42. The summed E-state index contributed by atoms with van der Waals surface area (Å²) in [5.74, 6) is 1.83. The van der Waals surface area contributed by atoms with Crippen LogP contribution in [-0.4, -0.2) is 25.1 Å². The van der Waals surface area contributed by atoms with Crippen molar-refractivity contribution in [2.45, 2.75) is 26.3 Å². The van der Waals surface area contributed by atoms with Crippen molar-refractivity contribution in [2.75, 3.05) is 5.73 Å². The molecule has 0 unspecified atom stereocenters. The van der Waals surface area contributed by atoms with E-state index >= 15 is 0 Å². The van der Waals surface area contributed by atoms with Gasteiger partial charge in [-0.1, -0.05) is 23.7 Å². The molecule has 20 heavy (non-hydrogen) atoms. The molecule has 0 bridgehead atoms. The Morgan fingerprint density at radius 2 is 2.30 bits per heavy atom. The van der Waals surface area contributed by atoms with Crippen LogP contribution in [0.2, 0.25) is 0 Å². The second kappa shape index (κ2) is 5.16. The van der Waals surface area contributed by atoms with Gasteiger partial charge in [-0.2, -0.15) is 4.98 Å². The molecular weight excluding hydrogens is 260 g/mol. The van der Waals surface area contributed by atoms with E-state index in [0.717, 1.165) is 18.5 Å². The standard InChI is InChI=1S/C12H14N6O2/c1-2-4-8-11(13)15-17-18(8)7-10-14-12(20-16-10)9-5-3-6-19-9/h3,5-6H,2,4,7,13H2,1H3. The van der Waals surface area contributed by atoms with Crippen molar-refractivity contribution >= 4 is 5.82 Å². The lowest BCUT2D eigenvalue weighted by molar-refractivity contribution is 0.405. The van der Waals surface area contributed by atoms with Crippen LogP contribution < -0.4 is 5.73 Å². The highest BCUT2D eigenvalue weighted by atomic mass is 16.5. The summed E-state index contributed by atoms with van der Waals surface area (Å²) >= 11 is 0. The van der Waals surface area contributed by atoms with Gasteiger partial charge in [-0.15, -0.1) is 5.10 Å². The number of hydrogen-bond acceptors (Lipinski definition) is 7. The molecule has 0 aliphatic carbocycles. The van der Waals surface area contributed by atoms with Gasteiger partial charge < -0.3 is 14.7 Å². The molecule has 0 aliphatic heterocycles. The van der Waals surface area contributed by atoms with Crippen molar-refractivity contribution in [3.8, 4) is 11.7 Å². The molecule has 3 aromatic heterocycles. The average Bonchev–Trinajstić information content (AvgIpc) is 3.15. The van der Waals surface area contributed by atoms with Crippen LogP contribution in [-0.2, 0) is 13.0 Å². The van der Waals surface area contributed by atoms with E-state index in [9.17, 15) is 0 Å². The van der Waals surface area contributed by atoms with Crippen molar-refractivity contribution in [2.24, 2.45) is 0 Å². The van der Waals surface area contributed by atoms with E-state index in [2.05, 4.69) is 27.4 Å². The van der Waals surface area contributed by atoms with Crippen LogP contribution in [0, 0.1) is 0 Å². The van der Waals surface area contributed by atoms with Crippen LogP contribution >= 0.6 is 0 Å². The summed E-state index contributed by atoms with van der Waals surface area (Å²) in [6, 6.07) is 3.52. The van der Waals surface area contributed by atoms with Gasteiger partial charge in [0.15, 0.2) is 17.4 Å². The minimum Gasteiger partial charge on any atom is -0.459 e. The lowest BCUT2D eigenvalue weighted by atomic mass is 10.2. The fourth-order valence-corrected chi connectivity index (χ4v) is 1.92. The van der Waals surface area contributed by atoms with Crippen molar-refractivity contribution in [1.82, 2.24) is 25.1 Å². The third-order valence-corrected chi connectivity index (χ3v) is 2.85. The van der Waals surface area contributed by atoms with E-state index in [4.69, 9.17) is 14.7 Å². The van der Waals surface area contributed by atoms with Crippen molar-refractivity contribution < 1.29 is 8.94 Å². The molecular formula is C12H14N6O2. The van der Waals surface area contributed by atoms with Gasteiger partial charge >= 0.3 is 0 Å². The van der Waals surface area contributed by atoms with Crippen molar-refractivity contribution in [3.63, 3.8) is 0 Å². The molecule has 0 amide bonds. The first-order valence-corrected chi connectivity index (χ1v) is 6.32. The summed E-state index contributed by atoms with van der Waals surface area (Å²) in [4.78, 5) is 4.26. The molecule has 0 saturated carbocycles. The highest BCUT2D eigenvalue weighted by Crippen LogP contribution is 2.18. The first-order valence-electron chi connectivity index (χ1n) is 6.32. The number of furan rings is 1. The average molecular weight is 274 g/mol. The molecule has 2 N–H and O–H groups in total. The largest absolute Gasteiger partial charge is 0.459 e. The topological polar surface area (TPSA) is 109 Å². The number of nitrogens with zero attached hydrogens (tertiary/aromatic N) is 5. The van der Waals surface area contributed by atoms with E-state index in [1.54, 1.807) is 23.1 Å². The molecule has 0 saturated heterocycles. The zero-order chi connectivity index (χ0) is 13.9. The molecule has 0 fully saturated rings. The maximum absolute atomic E-state index is 5.79. The second-order valence-electron chi connectivity index (χ2n) is 4.32. The first kappa shape index (κ1) is 12.4. The zero-order valence-corrected chi connectivity index (χ0v) is 11.0. The maximum Gasteiger partial charge on any atom is 0.293 e. The Morgan fingerprint density at radius 1 is 1.40 bits per heavy atom. The second-order valence-corrected chi connectivity index (χ2v) is 4.32. The van der Waals surface area contributed by atoms with Gasteiger partial charge in [-0.25, -0.2) is 4.68 Å². The first-order chi connectivity index (χ1) is 9.78. The molecule has 0 aliphatic rings. The maximum atomic E-state index is 5.79. The van der Waals surface area contributed by atoms with Gasteiger partial charge in [0, 0.05) is 0 Å². The van der Waals surface area contributed by atoms with Gasteiger partial charge in [0.25, 0.3) is 5.89 Å². The third kappa shape index (κ3) is 2.27. The Labute approximate surface area is 114 Å². The highest BCUT2D eigenvalue weighted by Gasteiger charge is 2.15. The summed E-state index contributed by atoms with van der Waals surface area (Å²) in [5, 5.41) is 11.8. The quantitative estimate of drug-likeness (QED) is 0.750. The predicted molar refractivity (Wildman–Crippen MR) is 69.5 cm³/mol. The zero-order valence-electron chi connectivity index (χ0n) is 11.0. The van der Waals surface area contributed by atoms with Gasteiger partial charge in [-0.3, -0.25) is 0 Å². The lowest BCUT2D eigenvalue weighted by Gasteiger charge is -2.02. The van der Waals surface area contributed by atoms with Gasteiger partial charge in [0.2, 0.25) is 0 Å². The molecule has 8 heteroatoms. The number of hydrogen-bond donors (Lipinski definition) is 1. The third-order valence-electron chi connectivity index (χ3n) is 2.85. The molecule has 3 rings (SSSR count). The lowest BCUT2D eigenvalue weighted by Crippen LogP contribution is -2.08. The minimum absolute atomic E-state index is 0.343. The number of rotatable bonds is 5. The van der Waals surface area contributed by atoms with E-state index in [-0.39, 0.29) is 0 Å². The van der Waals surface area contributed by atoms with Gasteiger partial charge in [-0.05, 0) is 18.6 Å². The van der Waals surface area contributed by atoms with Crippen LogP contribution in [0.25, 0.3) is 11.7 Å². The predicted octanol–water partition coefficient (Wildman–Crippen LogP) is 1.50. The van der Waals surface area contributed by atoms with Crippen LogP contribution in [0.5, 0.6) is 0 Å². The molecule has 3 aromatic rings. The normalized spacial score (nSPS) is 11.1. The molecule has 104 valence electrons. The smallest absolute Gasteiger partial charge is 0.293 e. The number of aromatic nitrogens is 5. The minimum atomic E-state index is 0.343. The van der Waals surface area contributed by atoms with Crippen LogP contribution in [0.4, 0.5) is 5.82 Å². The Kier molecular flexibility index (Phi) is 3.20. The van der Waals surface area contributed by atoms with Gasteiger partial charge in [0.05, 0.1) is 12.0 Å². The summed E-state index contributed by atoms with van der Waals surface area (Å²) in [6.45, 7) is 2.43. The fraction of sp³-hybridized carbons (Fsp3) is 0.333. The number of nitrogens with two attached hydrogens (primary N) is 1. The molecule has 0 radical (unpaired) electrons. The van der Waals surface area contributed by atoms with Crippen LogP contribution in [0.15, 0.2) is 27.3 Å². The Balaban J connectivity index is 1.82. The molecule has 0 spiro atoms. The van der Waals surface area contributed by atoms with E-state index in [1.807, 2.05) is 0 Å². The summed E-state index contributed by atoms with van der Waals surface area (Å²) < 4.78 is 12.0. The summed E-state index contributed by atoms with van der Waals surface area (Å²) in [5.41, 5.74) is 6.68. The van der Waals surface area contributed by atoms with Crippen molar-refractivity contribution in [1.29, 1.82) is 0 Å². The monoisotopic (exact) mass is 274 g/mol. The summed E-state index contributed by atoms with van der Waals surface area (Å²) in [7, 11) is 0. The molecule has 3 heterocycles. The Hall–Kier alpha value is -2.64. The summed E-state index contributed by atoms with van der Waals surface area (Å²) in [6.07, 6.45) is 3.32. The van der Waals surface area contributed by atoms with Crippen LogP contribution in [0.3, 0.4) is 0 Å². The fourth-order valence-electron chi connectivity index (χ4n) is 1.92.